The van der Waals surface area contributed by atoms with Crippen LogP contribution in [-0.4, -0.2) is 23.7 Å². The Morgan fingerprint density at radius 3 is 2.69 bits per heavy atom. The molecule has 0 bridgehead atoms. The summed E-state index contributed by atoms with van der Waals surface area (Å²) in [4.78, 5) is 13.8. The van der Waals surface area contributed by atoms with Gasteiger partial charge in [-0.15, -0.1) is 11.3 Å². The van der Waals surface area contributed by atoms with Gasteiger partial charge in [-0.3, -0.25) is 4.79 Å². The third kappa shape index (κ3) is 3.06. The predicted molar refractivity (Wildman–Crippen MR) is 67.1 cm³/mol. The minimum Gasteiger partial charge on any atom is -0.394 e. The molecule has 1 rings (SSSR count). The second-order valence-electron chi connectivity index (χ2n) is 3.81. The molecule has 90 valence electrons. The Balaban J connectivity index is 2.72. The van der Waals surface area contributed by atoms with Crippen LogP contribution in [0.5, 0.6) is 0 Å². The van der Waals surface area contributed by atoms with Crippen molar-refractivity contribution in [2.75, 3.05) is 6.61 Å². The van der Waals surface area contributed by atoms with Crippen molar-refractivity contribution in [3.63, 3.8) is 0 Å². The van der Waals surface area contributed by atoms with E-state index in [0.717, 1.165) is 17.7 Å². The quantitative estimate of drug-likeness (QED) is 0.829. The first-order valence-corrected chi connectivity index (χ1v) is 6.45. The van der Waals surface area contributed by atoms with Gasteiger partial charge in [0.2, 0.25) is 0 Å². The Hall–Kier alpha value is -0.870. The van der Waals surface area contributed by atoms with E-state index in [1.165, 1.54) is 21.8 Å². The molecule has 0 fully saturated rings. The summed E-state index contributed by atoms with van der Waals surface area (Å²) in [6.45, 7) is 6.05. The number of hydrogen-bond acceptors (Lipinski definition) is 3. The van der Waals surface area contributed by atoms with Gasteiger partial charge in [0, 0.05) is 4.88 Å². The van der Waals surface area contributed by atoms with Crippen LogP contribution < -0.4 is 5.32 Å². The van der Waals surface area contributed by atoms with Crippen LogP contribution >= 0.6 is 11.3 Å². The molecule has 4 heteroatoms. The lowest BCUT2D eigenvalue weighted by Gasteiger charge is -2.12. The standard InChI is InChI=1S/C12H19NO2S/c1-4-9-6-11(16-8(9)3)12(15)13-10(5-2)7-14/h6,10,14H,4-5,7H2,1-3H3,(H,13,15). The highest BCUT2D eigenvalue weighted by molar-refractivity contribution is 7.14. The summed E-state index contributed by atoms with van der Waals surface area (Å²) in [6, 6.07) is 1.80. The summed E-state index contributed by atoms with van der Waals surface area (Å²) < 4.78 is 0. The van der Waals surface area contributed by atoms with Crippen molar-refractivity contribution in [3.05, 3.63) is 21.4 Å². The molecule has 3 nitrogen and oxygen atoms in total. The summed E-state index contributed by atoms with van der Waals surface area (Å²) >= 11 is 1.52. The molecule has 2 N–H and O–H groups in total. The van der Waals surface area contributed by atoms with Gasteiger partial charge < -0.3 is 10.4 Å². The molecule has 1 atom stereocenters. The number of carbonyl (C=O) groups excluding carboxylic acids is 1. The largest absolute Gasteiger partial charge is 0.394 e. The van der Waals surface area contributed by atoms with E-state index in [1.807, 2.05) is 19.9 Å². The third-order valence-electron chi connectivity index (χ3n) is 2.67. The van der Waals surface area contributed by atoms with Crippen LogP contribution in [0.2, 0.25) is 0 Å². The van der Waals surface area contributed by atoms with E-state index in [0.29, 0.717) is 0 Å². The smallest absolute Gasteiger partial charge is 0.261 e. The highest BCUT2D eigenvalue weighted by Crippen LogP contribution is 2.21. The van der Waals surface area contributed by atoms with E-state index in [4.69, 9.17) is 5.11 Å². The van der Waals surface area contributed by atoms with Gasteiger partial charge in [-0.1, -0.05) is 13.8 Å². The Morgan fingerprint density at radius 1 is 1.56 bits per heavy atom. The number of rotatable bonds is 5. The van der Waals surface area contributed by atoms with E-state index in [2.05, 4.69) is 12.2 Å². The minimum absolute atomic E-state index is 0.00671. The first kappa shape index (κ1) is 13.2. The molecule has 0 radical (unpaired) electrons. The van der Waals surface area contributed by atoms with E-state index in [-0.39, 0.29) is 18.6 Å². The van der Waals surface area contributed by atoms with Crippen molar-refractivity contribution in [3.8, 4) is 0 Å². The molecule has 0 spiro atoms. The fourth-order valence-corrected chi connectivity index (χ4v) is 2.53. The van der Waals surface area contributed by atoms with Gasteiger partial charge in [0.25, 0.3) is 5.91 Å². The molecule has 0 aromatic carbocycles. The summed E-state index contributed by atoms with van der Waals surface area (Å²) in [7, 11) is 0. The minimum atomic E-state index is -0.139. The molecular weight excluding hydrogens is 222 g/mol. The number of aliphatic hydroxyl groups is 1. The van der Waals surface area contributed by atoms with Crippen molar-refractivity contribution in [1.82, 2.24) is 5.32 Å². The Labute approximate surface area is 100 Å². The fourth-order valence-electron chi connectivity index (χ4n) is 1.52. The highest BCUT2D eigenvalue weighted by atomic mass is 32.1. The van der Waals surface area contributed by atoms with Gasteiger partial charge >= 0.3 is 0 Å². The summed E-state index contributed by atoms with van der Waals surface area (Å²) in [5.74, 6) is -0.0753. The maximum atomic E-state index is 11.8. The molecule has 1 amide bonds. The van der Waals surface area contributed by atoms with E-state index >= 15 is 0 Å². The van der Waals surface area contributed by atoms with Gasteiger partial charge in [-0.25, -0.2) is 0 Å². The zero-order chi connectivity index (χ0) is 12.1. The molecule has 0 aliphatic carbocycles. The highest BCUT2D eigenvalue weighted by Gasteiger charge is 2.14. The van der Waals surface area contributed by atoms with E-state index < -0.39 is 0 Å². The van der Waals surface area contributed by atoms with Crippen LogP contribution in [0.1, 0.15) is 40.4 Å². The summed E-state index contributed by atoms with van der Waals surface area (Å²) in [5, 5.41) is 11.8. The van der Waals surface area contributed by atoms with Gasteiger partial charge in [-0.2, -0.15) is 0 Å². The lowest BCUT2D eigenvalue weighted by atomic mass is 10.2. The third-order valence-corrected chi connectivity index (χ3v) is 3.77. The van der Waals surface area contributed by atoms with Crippen LogP contribution in [0, 0.1) is 6.92 Å². The predicted octanol–water partition coefficient (Wildman–Crippen LogP) is 2.12. The second kappa shape index (κ2) is 6.01. The van der Waals surface area contributed by atoms with Gasteiger partial charge in [0.1, 0.15) is 0 Å². The maximum absolute atomic E-state index is 11.8. The van der Waals surface area contributed by atoms with Crippen molar-refractivity contribution in [2.45, 2.75) is 39.7 Å². The second-order valence-corrected chi connectivity index (χ2v) is 5.06. The van der Waals surface area contributed by atoms with Crippen molar-refractivity contribution >= 4 is 17.2 Å². The average molecular weight is 241 g/mol. The monoisotopic (exact) mass is 241 g/mol. The number of amides is 1. The number of carbonyl (C=O) groups is 1. The molecule has 0 aliphatic heterocycles. The normalized spacial score (nSPS) is 12.5. The van der Waals surface area contributed by atoms with E-state index in [9.17, 15) is 4.79 Å². The number of aliphatic hydroxyl groups excluding tert-OH is 1. The lowest BCUT2D eigenvalue weighted by Crippen LogP contribution is -2.36. The summed E-state index contributed by atoms with van der Waals surface area (Å²) in [5.41, 5.74) is 1.23. The number of thiophene rings is 1. The van der Waals surface area contributed by atoms with Crippen LogP contribution in [0.4, 0.5) is 0 Å². The van der Waals surface area contributed by atoms with Crippen molar-refractivity contribution in [2.24, 2.45) is 0 Å². The maximum Gasteiger partial charge on any atom is 0.261 e. The number of aryl methyl sites for hydroxylation is 2. The average Bonchev–Trinajstić information content (AvgIpc) is 2.67. The van der Waals surface area contributed by atoms with Gasteiger partial charge in [-0.05, 0) is 31.4 Å². The van der Waals surface area contributed by atoms with Crippen LogP contribution in [0.3, 0.4) is 0 Å². The molecule has 1 heterocycles. The van der Waals surface area contributed by atoms with E-state index in [1.54, 1.807) is 0 Å². The zero-order valence-electron chi connectivity index (χ0n) is 10.0. The Bertz CT molecular complexity index is 356. The summed E-state index contributed by atoms with van der Waals surface area (Å²) in [6.07, 6.45) is 1.69. The van der Waals surface area contributed by atoms with Crippen LogP contribution in [0.25, 0.3) is 0 Å². The van der Waals surface area contributed by atoms with Crippen LogP contribution in [0.15, 0.2) is 6.07 Å². The molecule has 0 aliphatic rings. The van der Waals surface area contributed by atoms with Crippen molar-refractivity contribution < 1.29 is 9.90 Å². The number of hydrogen-bond donors (Lipinski definition) is 2. The molecule has 1 aromatic heterocycles. The molecule has 1 aromatic rings. The molecule has 0 saturated heterocycles. The number of nitrogens with one attached hydrogen (secondary N) is 1. The fraction of sp³-hybridized carbons (Fsp3) is 0.583. The van der Waals surface area contributed by atoms with Crippen molar-refractivity contribution in [1.29, 1.82) is 0 Å². The first-order chi connectivity index (χ1) is 7.62. The molecule has 0 saturated carbocycles. The first-order valence-electron chi connectivity index (χ1n) is 5.63. The molecule has 16 heavy (non-hydrogen) atoms. The van der Waals surface area contributed by atoms with Gasteiger partial charge in [0.05, 0.1) is 17.5 Å². The van der Waals surface area contributed by atoms with Gasteiger partial charge in [0.15, 0.2) is 0 Å². The SMILES string of the molecule is CCc1cc(C(=O)NC(CC)CO)sc1C. The zero-order valence-corrected chi connectivity index (χ0v) is 10.9. The lowest BCUT2D eigenvalue weighted by molar-refractivity contribution is 0.0919. The topological polar surface area (TPSA) is 49.3 Å². The Morgan fingerprint density at radius 2 is 2.25 bits per heavy atom. The molecular formula is C12H19NO2S. The molecule has 1 unspecified atom stereocenters. The van der Waals surface area contributed by atoms with Crippen LogP contribution in [-0.2, 0) is 6.42 Å². The Kier molecular flexibility index (Phi) is 4.96.